The summed E-state index contributed by atoms with van der Waals surface area (Å²) in [6.45, 7) is 10.8. The highest BCUT2D eigenvalue weighted by atomic mass is 32.2. The van der Waals surface area contributed by atoms with Crippen molar-refractivity contribution in [3.05, 3.63) is 17.8 Å². The van der Waals surface area contributed by atoms with Gasteiger partial charge in [0.2, 0.25) is 0 Å². The summed E-state index contributed by atoms with van der Waals surface area (Å²) in [6, 6.07) is 4.20. The predicted octanol–water partition coefficient (Wildman–Crippen LogP) is 2.70. The van der Waals surface area contributed by atoms with Crippen molar-refractivity contribution < 1.29 is 0 Å². The van der Waals surface area contributed by atoms with Gasteiger partial charge >= 0.3 is 0 Å². The van der Waals surface area contributed by atoms with Crippen molar-refractivity contribution in [2.24, 2.45) is 0 Å². The number of nitrogens with one attached hydrogen (secondary N) is 1. The Kier molecular flexibility index (Phi) is 5.66. The molecule has 1 N–H and O–H groups in total. The Morgan fingerprint density at radius 3 is 2.85 bits per heavy atom. The average Bonchev–Trinajstić information content (AvgIpc) is 2.61. The summed E-state index contributed by atoms with van der Waals surface area (Å²) in [5.41, 5.74) is 1.02. The van der Waals surface area contributed by atoms with Gasteiger partial charge in [-0.25, -0.2) is 0 Å². The zero-order chi connectivity index (χ0) is 14.4. The van der Waals surface area contributed by atoms with Crippen LogP contribution in [-0.2, 0) is 6.54 Å². The molecule has 20 heavy (non-hydrogen) atoms. The first kappa shape index (κ1) is 15.6. The number of hydrogen-bond acceptors (Lipinski definition) is 5. The molecule has 4 nitrogen and oxygen atoms in total. The Morgan fingerprint density at radius 1 is 1.30 bits per heavy atom. The lowest BCUT2D eigenvalue weighted by molar-refractivity contribution is 0.629. The van der Waals surface area contributed by atoms with E-state index in [-0.39, 0.29) is 0 Å². The van der Waals surface area contributed by atoms with Gasteiger partial charge in [-0.3, -0.25) is 0 Å². The van der Waals surface area contributed by atoms with Crippen LogP contribution in [0.1, 0.15) is 39.3 Å². The maximum absolute atomic E-state index is 4.40. The van der Waals surface area contributed by atoms with E-state index in [1.165, 1.54) is 6.42 Å². The van der Waals surface area contributed by atoms with Gasteiger partial charge in [-0.05, 0) is 31.5 Å². The maximum Gasteiger partial charge on any atom is 0.151 e. The number of hydrogen-bond donors (Lipinski definition) is 1. The van der Waals surface area contributed by atoms with E-state index in [0.29, 0.717) is 4.75 Å². The van der Waals surface area contributed by atoms with Gasteiger partial charge in [-0.1, -0.05) is 20.8 Å². The highest BCUT2D eigenvalue weighted by Gasteiger charge is 2.24. The first-order valence-electron chi connectivity index (χ1n) is 7.53. The van der Waals surface area contributed by atoms with Gasteiger partial charge in [0.15, 0.2) is 5.82 Å². The number of anilines is 1. The van der Waals surface area contributed by atoms with Crippen molar-refractivity contribution in [1.29, 1.82) is 0 Å². The Labute approximate surface area is 126 Å². The average molecular weight is 294 g/mol. The molecule has 5 heteroatoms. The molecule has 0 unspecified atom stereocenters. The standard InChI is InChI=1S/C15H26N4S/c1-4-8-16-12-13-5-6-14(18-17-13)19-9-7-15(2,3)20-11-10-19/h5-6,16H,4,7-12H2,1-3H3. The van der Waals surface area contributed by atoms with E-state index >= 15 is 0 Å². The number of aromatic nitrogens is 2. The molecule has 2 heterocycles. The van der Waals surface area contributed by atoms with Gasteiger partial charge < -0.3 is 10.2 Å². The van der Waals surface area contributed by atoms with E-state index in [2.05, 4.69) is 65.1 Å². The molecule has 0 spiro atoms. The van der Waals surface area contributed by atoms with Crippen LogP contribution in [0.2, 0.25) is 0 Å². The fourth-order valence-corrected chi connectivity index (χ4v) is 3.36. The van der Waals surface area contributed by atoms with Gasteiger partial charge in [0.1, 0.15) is 0 Å². The molecule has 1 aromatic rings. The van der Waals surface area contributed by atoms with Crippen LogP contribution < -0.4 is 10.2 Å². The molecule has 0 amide bonds. The molecular formula is C15H26N4S. The summed E-state index contributed by atoms with van der Waals surface area (Å²) >= 11 is 2.06. The van der Waals surface area contributed by atoms with Crippen molar-refractivity contribution >= 4 is 17.6 Å². The van der Waals surface area contributed by atoms with Crippen LogP contribution >= 0.6 is 11.8 Å². The predicted molar refractivity (Wildman–Crippen MR) is 87.4 cm³/mol. The van der Waals surface area contributed by atoms with Crippen molar-refractivity contribution in [3.63, 3.8) is 0 Å². The van der Waals surface area contributed by atoms with Crippen molar-refractivity contribution in [2.45, 2.75) is 44.9 Å². The van der Waals surface area contributed by atoms with Crippen molar-refractivity contribution in [3.8, 4) is 0 Å². The zero-order valence-corrected chi connectivity index (χ0v) is 13.7. The third-order valence-corrected chi connectivity index (χ3v) is 4.97. The van der Waals surface area contributed by atoms with Crippen molar-refractivity contribution in [2.75, 3.05) is 30.3 Å². The van der Waals surface area contributed by atoms with Gasteiger partial charge in [-0.2, -0.15) is 16.9 Å². The summed E-state index contributed by atoms with van der Waals surface area (Å²) in [5.74, 6) is 2.18. The number of rotatable bonds is 5. The van der Waals surface area contributed by atoms with E-state index in [1.54, 1.807) is 0 Å². The number of nitrogens with zero attached hydrogens (tertiary/aromatic N) is 3. The molecule has 1 aliphatic rings. The van der Waals surface area contributed by atoms with E-state index < -0.39 is 0 Å². The summed E-state index contributed by atoms with van der Waals surface area (Å²) in [4.78, 5) is 2.36. The minimum atomic E-state index is 0.381. The first-order valence-corrected chi connectivity index (χ1v) is 8.51. The van der Waals surface area contributed by atoms with Crippen LogP contribution in [0.3, 0.4) is 0 Å². The summed E-state index contributed by atoms with van der Waals surface area (Å²) in [5, 5.41) is 12.1. The minimum absolute atomic E-state index is 0.381. The third kappa shape index (κ3) is 4.63. The molecule has 1 saturated heterocycles. The van der Waals surface area contributed by atoms with E-state index in [4.69, 9.17) is 0 Å². The lowest BCUT2D eigenvalue weighted by Crippen LogP contribution is -2.28. The van der Waals surface area contributed by atoms with Gasteiger partial charge in [-0.15, -0.1) is 5.10 Å². The second-order valence-electron chi connectivity index (χ2n) is 5.90. The SMILES string of the molecule is CCCNCc1ccc(N2CCSC(C)(C)CC2)nn1. The lowest BCUT2D eigenvalue weighted by Gasteiger charge is -2.23. The highest BCUT2D eigenvalue weighted by Crippen LogP contribution is 2.31. The van der Waals surface area contributed by atoms with E-state index in [9.17, 15) is 0 Å². The smallest absolute Gasteiger partial charge is 0.151 e. The van der Waals surface area contributed by atoms with Crippen LogP contribution in [0.15, 0.2) is 12.1 Å². The molecule has 0 radical (unpaired) electrons. The second kappa shape index (κ2) is 7.27. The van der Waals surface area contributed by atoms with Gasteiger partial charge in [0.25, 0.3) is 0 Å². The summed E-state index contributed by atoms with van der Waals surface area (Å²) in [7, 11) is 0. The summed E-state index contributed by atoms with van der Waals surface area (Å²) < 4.78 is 0.381. The topological polar surface area (TPSA) is 41.0 Å². The monoisotopic (exact) mass is 294 g/mol. The van der Waals surface area contributed by atoms with Crippen LogP contribution in [0, 0.1) is 0 Å². The fraction of sp³-hybridized carbons (Fsp3) is 0.733. The lowest BCUT2D eigenvalue weighted by atomic mass is 10.1. The van der Waals surface area contributed by atoms with E-state index in [1.807, 2.05) is 0 Å². The Bertz CT molecular complexity index is 405. The highest BCUT2D eigenvalue weighted by molar-refractivity contribution is 8.00. The molecule has 0 atom stereocenters. The largest absolute Gasteiger partial charge is 0.354 e. The Hall–Kier alpha value is -0.810. The maximum atomic E-state index is 4.40. The zero-order valence-electron chi connectivity index (χ0n) is 12.9. The quantitative estimate of drug-likeness (QED) is 0.846. The molecule has 0 bridgehead atoms. The molecule has 1 aliphatic heterocycles. The third-order valence-electron chi connectivity index (χ3n) is 3.60. The molecule has 112 valence electrons. The van der Waals surface area contributed by atoms with Gasteiger partial charge in [0.05, 0.1) is 5.69 Å². The molecule has 1 fully saturated rings. The molecule has 0 saturated carbocycles. The van der Waals surface area contributed by atoms with Crippen LogP contribution in [-0.4, -0.2) is 40.3 Å². The van der Waals surface area contributed by atoms with Crippen LogP contribution in [0.25, 0.3) is 0 Å². The Balaban J connectivity index is 1.92. The molecule has 1 aromatic heterocycles. The fourth-order valence-electron chi connectivity index (χ4n) is 2.26. The first-order chi connectivity index (χ1) is 9.61. The van der Waals surface area contributed by atoms with Crippen LogP contribution in [0.5, 0.6) is 0 Å². The van der Waals surface area contributed by atoms with E-state index in [0.717, 1.165) is 49.9 Å². The van der Waals surface area contributed by atoms with Gasteiger partial charge in [0, 0.05) is 30.1 Å². The minimum Gasteiger partial charge on any atom is -0.354 e. The molecule has 0 aliphatic carbocycles. The van der Waals surface area contributed by atoms with Crippen LogP contribution in [0.4, 0.5) is 5.82 Å². The number of thioether (sulfide) groups is 1. The normalized spacial score (nSPS) is 18.9. The Morgan fingerprint density at radius 2 is 2.15 bits per heavy atom. The second-order valence-corrected chi connectivity index (χ2v) is 7.71. The molecule has 0 aromatic carbocycles. The van der Waals surface area contributed by atoms with Crippen molar-refractivity contribution in [1.82, 2.24) is 15.5 Å². The molecular weight excluding hydrogens is 268 g/mol. The summed E-state index contributed by atoms with van der Waals surface area (Å²) in [6.07, 6.45) is 2.34. The molecule has 2 rings (SSSR count).